The maximum atomic E-state index is 11.5. The van der Waals surface area contributed by atoms with Crippen molar-refractivity contribution in [1.82, 2.24) is 0 Å². The smallest absolute Gasteiger partial charge is 0.337 e. The maximum Gasteiger partial charge on any atom is 0.337 e. The lowest BCUT2D eigenvalue weighted by Gasteiger charge is -2.02. The summed E-state index contributed by atoms with van der Waals surface area (Å²) in [6.45, 7) is 3.74. The molecule has 0 aliphatic carbocycles. The molecule has 4 heteroatoms. The van der Waals surface area contributed by atoms with E-state index in [1.807, 2.05) is 24.3 Å². The van der Waals surface area contributed by atoms with Gasteiger partial charge in [0, 0.05) is 0 Å². The number of carbonyl (C=O) groups excluding carboxylic acids is 1. The molecule has 0 saturated carbocycles. The highest BCUT2D eigenvalue weighted by atomic mass is 16.5. The predicted molar refractivity (Wildman–Crippen MR) is 73.7 cm³/mol. The number of carbonyl (C=O) groups is 1. The second kappa shape index (κ2) is 6.18. The number of benzene rings is 1. The molecule has 0 saturated heterocycles. The normalized spacial score (nSPS) is 16.5. The lowest BCUT2D eigenvalue weighted by atomic mass is 10.1. The number of nitrogens with zero attached hydrogens (tertiary/aromatic N) is 1. The van der Waals surface area contributed by atoms with E-state index < -0.39 is 0 Å². The number of hydrogen-bond acceptors (Lipinski definition) is 4. The lowest BCUT2D eigenvalue weighted by molar-refractivity contribution is -0.141. The van der Waals surface area contributed by atoms with Gasteiger partial charge in [-0.05, 0) is 30.5 Å². The van der Waals surface area contributed by atoms with Crippen molar-refractivity contribution in [1.29, 1.82) is 0 Å². The summed E-state index contributed by atoms with van der Waals surface area (Å²) in [4.78, 5) is 15.6. The van der Waals surface area contributed by atoms with E-state index in [1.165, 1.54) is 5.56 Å². The van der Waals surface area contributed by atoms with Crippen molar-refractivity contribution < 1.29 is 14.3 Å². The third-order valence-corrected chi connectivity index (χ3v) is 2.94. The molecule has 1 aliphatic rings. The Balaban J connectivity index is 1.73. The largest absolute Gasteiger partial charge is 0.497 e. The molecule has 0 bridgehead atoms. The Bertz CT molecular complexity index is 491. The quantitative estimate of drug-likeness (QED) is 0.557. The molecule has 1 atom stereocenters. The number of aliphatic imine (C=N–C) groups is 1. The van der Waals surface area contributed by atoms with E-state index in [-0.39, 0.29) is 18.6 Å². The summed E-state index contributed by atoms with van der Waals surface area (Å²) in [5, 5.41) is 0. The van der Waals surface area contributed by atoms with Gasteiger partial charge in [0.05, 0.1) is 12.8 Å². The van der Waals surface area contributed by atoms with Crippen molar-refractivity contribution >= 4 is 11.7 Å². The molecule has 1 unspecified atom stereocenters. The summed E-state index contributed by atoms with van der Waals surface area (Å²) in [6, 6.07) is 7.55. The van der Waals surface area contributed by atoms with E-state index in [1.54, 1.807) is 13.2 Å². The van der Waals surface area contributed by atoms with Gasteiger partial charge in [0.2, 0.25) is 0 Å². The van der Waals surface area contributed by atoms with Gasteiger partial charge in [-0.1, -0.05) is 24.8 Å². The van der Waals surface area contributed by atoms with Crippen LogP contribution in [0.3, 0.4) is 0 Å². The highest BCUT2D eigenvalue weighted by Gasteiger charge is 2.35. The van der Waals surface area contributed by atoms with E-state index in [0.29, 0.717) is 0 Å². The molecule has 4 nitrogen and oxygen atoms in total. The Morgan fingerprint density at radius 1 is 1.37 bits per heavy atom. The fraction of sp³-hybridized carbons (Fsp3) is 0.333. The number of esters is 1. The Kier molecular flexibility index (Phi) is 4.34. The van der Waals surface area contributed by atoms with Gasteiger partial charge in [-0.15, -0.1) is 0 Å². The number of hydrogen-bond donors (Lipinski definition) is 0. The summed E-state index contributed by atoms with van der Waals surface area (Å²) >= 11 is 0. The average Bonchev–Trinajstić information content (AvgIpc) is 3.23. The molecule has 0 amide bonds. The highest BCUT2D eigenvalue weighted by molar-refractivity contribution is 6.16. The minimum Gasteiger partial charge on any atom is -0.497 e. The van der Waals surface area contributed by atoms with Gasteiger partial charge in [0.25, 0.3) is 0 Å². The first kappa shape index (κ1) is 13.3. The number of methoxy groups -OCH3 is 1. The second-order valence-corrected chi connectivity index (χ2v) is 4.29. The summed E-state index contributed by atoms with van der Waals surface area (Å²) in [6.07, 6.45) is 3.21. The van der Waals surface area contributed by atoms with Crippen molar-refractivity contribution in [3.8, 4) is 5.75 Å². The number of rotatable bonds is 7. The summed E-state index contributed by atoms with van der Waals surface area (Å²) < 4.78 is 10.0. The van der Waals surface area contributed by atoms with Crippen LogP contribution < -0.4 is 4.74 Å². The van der Waals surface area contributed by atoms with Gasteiger partial charge in [-0.2, -0.15) is 0 Å². The zero-order valence-corrected chi connectivity index (χ0v) is 11.0. The van der Waals surface area contributed by atoms with Crippen molar-refractivity contribution in [2.75, 3.05) is 13.7 Å². The third kappa shape index (κ3) is 3.68. The molecule has 19 heavy (non-hydrogen) atoms. The molecule has 1 aromatic carbocycles. The van der Waals surface area contributed by atoms with Crippen LogP contribution in [0.4, 0.5) is 0 Å². The summed E-state index contributed by atoms with van der Waals surface area (Å²) in [5.41, 5.74) is 2.12. The van der Waals surface area contributed by atoms with Crippen LogP contribution in [-0.4, -0.2) is 31.4 Å². The van der Waals surface area contributed by atoms with Crippen LogP contribution in [0, 0.1) is 0 Å². The van der Waals surface area contributed by atoms with Crippen LogP contribution in [-0.2, 0) is 16.0 Å². The molecule has 1 aromatic rings. The lowest BCUT2D eigenvalue weighted by Crippen LogP contribution is -2.16. The molecule has 1 aliphatic heterocycles. The molecular formula is C15H17NO3. The molecule has 100 valence electrons. The van der Waals surface area contributed by atoms with Crippen LogP contribution in [0.2, 0.25) is 0 Å². The van der Waals surface area contributed by atoms with E-state index >= 15 is 0 Å². The fourth-order valence-corrected chi connectivity index (χ4v) is 1.80. The highest BCUT2D eigenvalue weighted by Crippen LogP contribution is 2.20. The predicted octanol–water partition coefficient (Wildman–Crippen LogP) is 2.18. The topological polar surface area (TPSA) is 47.9 Å². The Labute approximate surface area is 112 Å². The molecule has 0 aromatic heterocycles. The monoisotopic (exact) mass is 259 g/mol. The van der Waals surface area contributed by atoms with E-state index in [4.69, 9.17) is 9.47 Å². The maximum absolute atomic E-state index is 11.5. The third-order valence-electron chi connectivity index (χ3n) is 2.94. The SMILES string of the molecule is C=CCOC(=O)C1N=C1CCc1ccc(OC)cc1. The van der Waals surface area contributed by atoms with Gasteiger partial charge < -0.3 is 9.47 Å². The van der Waals surface area contributed by atoms with Gasteiger partial charge in [0.15, 0.2) is 6.04 Å². The van der Waals surface area contributed by atoms with Crippen molar-refractivity contribution in [2.24, 2.45) is 4.99 Å². The van der Waals surface area contributed by atoms with Crippen LogP contribution in [0.15, 0.2) is 41.9 Å². The van der Waals surface area contributed by atoms with Gasteiger partial charge in [0.1, 0.15) is 12.4 Å². The first-order valence-corrected chi connectivity index (χ1v) is 6.21. The Hall–Kier alpha value is -2.10. The second-order valence-electron chi connectivity index (χ2n) is 4.29. The van der Waals surface area contributed by atoms with Gasteiger partial charge in [-0.3, -0.25) is 4.99 Å². The van der Waals surface area contributed by atoms with Crippen molar-refractivity contribution in [2.45, 2.75) is 18.9 Å². The van der Waals surface area contributed by atoms with E-state index in [9.17, 15) is 4.79 Å². The van der Waals surface area contributed by atoms with E-state index in [2.05, 4.69) is 11.6 Å². The van der Waals surface area contributed by atoms with E-state index in [0.717, 1.165) is 24.3 Å². The summed E-state index contributed by atoms with van der Waals surface area (Å²) in [7, 11) is 1.65. The minimum atomic E-state index is -0.349. The standard InChI is InChI=1S/C15H17NO3/c1-3-10-19-15(17)14-13(16-14)9-6-11-4-7-12(18-2)8-5-11/h3-5,7-8,14H,1,6,9-10H2,2H3. The van der Waals surface area contributed by atoms with Crippen LogP contribution in [0.1, 0.15) is 12.0 Å². The zero-order chi connectivity index (χ0) is 13.7. The average molecular weight is 259 g/mol. The molecule has 0 radical (unpaired) electrons. The summed E-state index contributed by atoms with van der Waals surface area (Å²) in [5.74, 6) is 0.572. The molecule has 0 N–H and O–H groups in total. The molecule has 0 fully saturated rings. The van der Waals surface area contributed by atoms with Crippen LogP contribution in [0.5, 0.6) is 5.75 Å². The molecule has 2 rings (SSSR count). The number of ether oxygens (including phenoxy) is 2. The first-order chi connectivity index (χ1) is 9.24. The Morgan fingerprint density at radius 3 is 2.74 bits per heavy atom. The molecule has 1 heterocycles. The molecular weight excluding hydrogens is 242 g/mol. The first-order valence-electron chi connectivity index (χ1n) is 6.21. The fourth-order valence-electron chi connectivity index (χ4n) is 1.80. The number of aryl methyl sites for hydroxylation is 1. The van der Waals surface area contributed by atoms with Crippen LogP contribution in [0.25, 0.3) is 0 Å². The van der Waals surface area contributed by atoms with Crippen molar-refractivity contribution in [3.63, 3.8) is 0 Å². The van der Waals surface area contributed by atoms with Gasteiger partial charge in [-0.25, -0.2) is 4.79 Å². The van der Waals surface area contributed by atoms with Crippen LogP contribution >= 0.6 is 0 Å². The minimum absolute atomic E-state index is 0.247. The Morgan fingerprint density at radius 2 is 2.11 bits per heavy atom. The molecule has 0 spiro atoms. The zero-order valence-electron chi connectivity index (χ0n) is 11.0. The van der Waals surface area contributed by atoms with Gasteiger partial charge >= 0.3 is 5.97 Å². The van der Waals surface area contributed by atoms with Crippen molar-refractivity contribution in [3.05, 3.63) is 42.5 Å².